The molecule has 4 heteroatoms. The predicted molar refractivity (Wildman–Crippen MR) is 183 cm³/mol. The van der Waals surface area contributed by atoms with Gasteiger partial charge in [-0.2, -0.15) is 10.2 Å². The first-order chi connectivity index (χ1) is 20.7. The monoisotopic (exact) mass is 576 g/mol. The van der Waals surface area contributed by atoms with Crippen molar-refractivity contribution in [1.82, 2.24) is 0 Å². The van der Waals surface area contributed by atoms with Crippen LogP contribution in [0.25, 0.3) is 0 Å². The summed E-state index contributed by atoms with van der Waals surface area (Å²) >= 11 is 0. The first-order valence-electron chi connectivity index (χ1n) is 17.1. The number of hydrogen-bond acceptors (Lipinski definition) is 4. The van der Waals surface area contributed by atoms with E-state index in [0.717, 1.165) is 59.7 Å². The van der Waals surface area contributed by atoms with E-state index in [0.29, 0.717) is 0 Å². The van der Waals surface area contributed by atoms with E-state index in [1.807, 2.05) is 24.3 Å². The standard InChI is InChI=1S/C38H60N2O2/c1-5-7-9-11-13-15-17-19-21-23-37(33-25-29-35(41-3)30-26-33)39-40-38(34-27-31-36(42-4)32-28-34)24-22-20-18-16-14-12-10-8-6-2/h25-32H,5-24H2,1-4H3. The minimum absolute atomic E-state index is 0.869. The van der Waals surface area contributed by atoms with Gasteiger partial charge in [0, 0.05) is 0 Å². The van der Waals surface area contributed by atoms with Crippen LogP contribution in [-0.2, 0) is 0 Å². The van der Waals surface area contributed by atoms with E-state index >= 15 is 0 Å². The van der Waals surface area contributed by atoms with Crippen molar-refractivity contribution in [3.05, 3.63) is 59.7 Å². The van der Waals surface area contributed by atoms with Gasteiger partial charge >= 0.3 is 0 Å². The fourth-order valence-corrected chi connectivity index (χ4v) is 5.40. The molecule has 2 aromatic rings. The maximum absolute atomic E-state index is 5.40. The largest absolute Gasteiger partial charge is 0.497 e. The topological polar surface area (TPSA) is 43.2 Å². The molecule has 2 rings (SSSR count). The summed E-state index contributed by atoms with van der Waals surface area (Å²) in [4.78, 5) is 0. The first-order valence-corrected chi connectivity index (χ1v) is 17.1. The Balaban J connectivity index is 2.06. The number of ether oxygens (including phenoxy) is 2. The maximum atomic E-state index is 5.40. The van der Waals surface area contributed by atoms with E-state index in [1.165, 1.54) is 103 Å². The normalized spacial score (nSPS) is 12.1. The van der Waals surface area contributed by atoms with Gasteiger partial charge in [-0.3, -0.25) is 0 Å². The Morgan fingerprint density at radius 2 is 0.714 bits per heavy atom. The van der Waals surface area contributed by atoms with Crippen molar-refractivity contribution in [2.75, 3.05) is 14.2 Å². The van der Waals surface area contributed by atoms with Crippen molar-refractivity contribution in [2.45, 2.75) is 142 Å². The highest BCUT2D eigenvalue weighted by molar-refractivity contribution is 6.03. The van der Waals surface area contributed by atoms with Gasteiger partial charge in [0.05, 0.1) is 25.6 Å². The molecule has 0 saturated heterocycles. The zero-order chi connectivity index (χ0) is 30.1. The molecule has 0 aromatic heterocycles. The molecule has 0 aliphatic rings. The molecule has 0 spiro atoms. The van der Waals surface area contributed by atoms with E-state index in [9.17, 15) is 0 Å². The third-order valence-corrected chi connectivity index (χ3v) is 8.17. The quantitative estimate of drug-likeness (QED) is 0.0670. The third kappa shape index (κ3) is 15.6. The Bertz CT molecular complexity index is 898. The summed E-state index contributed by atoms with van der Waals surface area (Å²) in [7, 11) is 3.42. The van der Waals surface area contributed by atoms with Gasteiger partial charge in [-0.15, -0.1) is 0 Å². The lowest BCUT2D eigenvalue weighted by atomic mass is 10.0. The fraction of sp³-hybridized carbons (Fsp3) is 0.632. The number of hydrogen-bond donors (Lipinski definition) is 0. The molecule has 0 radical (unpaired) electrons. The minimum Gasteiger partial charge on any atom is -0.497 e. The van der Waals surface area contributed by atoms with Crippen LogP contribution in [-0.4, -0.2) is 25.6 Å². The van der Waals surface area contributed by atoms with E-state index in [-0.39, 0.29) is 0 Å². The Kier molecular flexibility index (Phi) is 20.2. The highest BCUT2D eigenvalue weighted by Gasteiger charge is 2.08. The second-order valence-electron chi connectivity index (χ2n) is 11.7. The summed E-state index contributed by atoms with van der Waals surface area (Å²) in [6.07, 6.45) is 25.6. The van der Waals surface area contributed by atoms with Crippen molar-refractivity contribution >= 4 is 11.4 Å². The van der Waals surface area contributed by atoms with Crippen LogP contribution in [0, 0.1) is 0 Å². The van der Waals surface area contributed by atoms with E-state index in [2.05, 4.69) is 38.1 Å². The number of rotatable bonds is 25. The van der Waals surface area contributed by atoms with Crippen LogP contribution < -0.4 is 9.47 Å². The Labute approximate surface area is 258 Å². The zero-order valence-corrected chi connectivity index (χ0v) is 27.5. The van der Waals surface area contributed by atoms with Gasteiger partial charge in [-0.1, -0.05) is 117 Å². The lowest BCUT2D eigenvalue weighted by Gasteiger charge is -2.10. The Morgan fingerprint density at radius 1 is 0.429 bits per heavy atom. The molecule has 0 unspecified atom stereocenters. The summed E-state index contributed by atoms with van der Waals surface area (Å²) < 4.78 is 10.8. The SMILES string of the molecule is CCCCCCCCCCCC(=NN=C(CCCCCCCCCCC)c1ccc(OC)cc1)c1ccc(OC)cc1. The fourth-order valence-electron chi connectivity index (χ4n) is 5.40. The molecular formula is C38H60N2O2. The van der Waals surface area contributed by atoms with Gasteiger partial charge in [-0.25, -0.2) is 0 Å². The van der Waals surface area contributed by atoms with E-state index in [1.54, 1.807) is 14.2 Å². The molecule has 0 aliphatic heterocycles. The molecule has 0 aliphatic carbocycles. The van der Waals surface area contributed by atoms with Crippen LogP contribution in [0.5, 0.6) is 11.5 Å². The van der Waals surface area contributed by atoms with Crippen molar-refractivity contribution < 1.29 is 9.47 Å². The Hall–Kier alpha value is -2.62. The van der Waals surface area contributed by atoms with Crippen molar-refractivity contribution in [1.29, 1.82) is 0 Å². The number of methoxy groups -OCH3 is 2. The van der Waals surface area contributed by atoms with Crippen molar-refractivity contribution in [3.8, 4) is 11.5 Å². The molecule has 0 bridgehead atoms. The molecule has 2 aromatic carbocycles. The molecule has 234 valence electrons. The van der Waals surface area contributed by atoms with Crippen LogP contribution >= 0.6 is 0 Å². The third-order valence-electron chi connectivity index (χ3n) is 8.17. The number of unbranched alkanes of at least 4 members (excludes halogenated alkanes) is 16. The van der Waals surface area contributed by atoms with Crippen molar-refractivity contribution in [3.63, 3.8) is 0 Å². The van der Waals surface area contributed by atoms with Gasteiger partial charge in [0.1, 0.15) is 11.5 Å². The highest BCUT2D eigenvalue weighted by atomic mass is 16.5. The smallest absolute Gasteiger partial charge is 0.118 e. The van der Waals surface area contributed by atoms with Crippen LogP contribution in [0.15, 0.2) is 58.7 Å². The summed E-state index contributed by atoms with van der Waals surface area (Å²) in [5, 5.41) is 9.85. The Morgan fingerprint density at radius 3 is 1.00 bits per heavy atom. The molecule has 0 atom stereocenters. The van der Waals surface area contributed by atoms with Crippen LogP contribution in [0.4, 0.5) is 0 Å². The molecule has 0 N–H and O–H groups in total. The van der Waals surface area contributed by atoms with Crippen LogP contribution in [0.2, 0.25) is 0 Å². The predicted octanol–water partition coefficient (Wildman–Crippen LogP) is 11.7. The second-order valence-corrected chi connectivity index (χ2v) is 11.7. The molecule has 4 nitrogen and oxygen atoms in total. The van der Waals surface area contributed by atoms with Crippen LogP contribution in [0.3, 0.4) is 0 Å². The van der Waals surface area contributed by atoms with Gasteiger partial charge in [0.2, 0.25) is 0 Å². The minimum atomic E-state index is 0.869. The van der Waals surface area contributed by atoms with Crippen molar-refractivity contribution in [2.24, 2.45) is 10.2 Å². The summed E-state index contributed by atoms with van der Waals surface area (Å²) in [6, 6.07) is 16.6. The molecule has 0 saturated carbocycles. The summed E-state index contributed by atoms with van der Waals surface area (Å²) in [5.74, 6) is 1.74. The van der Waals surface area contributed by atoms with E-state index < -0.39 is 0 Å². The molecule has 42 heavy (non-hydrogen) atoms. The van der Waals surface area contributed by atoms with Gasteiger partial charge in [0.15, 0.2) is 0 Å². The zero-order valence-electron chi connectivity index (χ0n) is 27.5. The number of nitrogens with zero attached hydrogens (tertiary/aromatic N) is 2. The highest BCUT2D eigenvalue weighted by Crippen LogP contribution is 2.19. The second kappa shape index (κ2) is 23.9. The first kappa shape index (κ1) is 35.6. The van der Waals surface area contributed by atoms with Gasteiger partial charge in [0.25, 0.3) is 0 Å². The lowest BCUT2D eigenvalue weighted by molar-refractivity contribution is 0.414. The maximum Gasteiger partial charge on any atom is 0.118 e. The molecule has 0 heterocycles. The molecule has 0 amide bonds. The summed E-state index contributed by atoms with van der Waals surface area (Å²) in [5.41, 5.74) is 4.41. The average molecular weight is 577 g/mol. The van der Waals surface area contributed by atoms with Crippen LogP contribution in [0.1, 0.15) is 153 Å². The number of benzene rings is 2. The summed E-state index contributed by atoms with van der Waals surface area (Å²) in [6.45, 7) is 4.56. The van der Waals surface area contributed by atoms with E-state index in [4.69, 9.17) is 19.7 Å². The average Bonchev–Trinajstić information content (AvgIpc) is 3.03. The van der Waals surface area contributed by atoms with Gasteiger partial charge < -0.3 is 9.47 Å². The lowest BCUT2D eigenvalue weighted by Crippen LogP contribution is -2.04. The molecular weight excluding hydrogens is 516 g/mol. The molecule has 0 fully saturated rings. The van der Waals surface area contributed by atoms with Gasteiger partial charge in [-0.05, 0) is 85.3 Å².